The lowest BCUT2D eigenvalue weighted by Gasteiger charge is -2.32. The molecule has 1 aromatic rings. The summed E-state index contributed by atoms with van der Waals surface area (Å²) in [6.07, 6.45) is 1.13. The summed E-state index contributed by atoms with van der Waals surface area (Å²) in [6, 6.07) is 9.65. The lowest BCUT2D eigenvalue weighted by molar-refractivity contribution is 0.218. The number of nitrogens with one attached hydrogen (secondary N) is 1. The van der Waals surface area contributed by atoms with Gasteiger partial charge in [0.15, 0.2) is 0 Å². The number of aryl methyl sites for hydroxylation is 1. The van der Waals surface area contributed by atoms with Crippen molar-refractivity contribution in [2.75, 3.05) is 32.4 Å². The molecule has 17 heavy (non-hydrogen) atoms. The SMILES string of the molecule is CCc1ccc(SCC2CNCCN2C)cc1. The van der Waals surface area contributed by atoms with Crippen LogP contribution < -0.4 is 5.32 Å². The molecule has 0 radical (unpaired) electrons. The van der Waals surface area contributed by atoms with E-state index in [9.17, 15) is 0 Å². The van der Waals surface area contributed by atoms with Crippen molar-refractivity contribution < 1.29 is 0 Å². The minimum Gasteiger partial charge on any atom is -0.314 e. The summed E-state index contributed by atoms with van der Waals surface area (Å²) in [5, 5.41) is 3.46. The van der Waals surface area contributed by atoms with Crippen LogP contribution >= 0.6 is 11.8 Å². The highest BCUT2D eigenvalue weighted by Gasteiger charge is 2.18. The molecule has 1 N–H and O–H groups in total. The molecule has 1 aliphatic heterocycles. The molecule has 0 bridgehead atoms. The zero-order valence-electron chi connectivity index (χ0n) is 10.8. The van der Waals surface area contributed by atoms with E-state index < -0.39 is 0 Å². The fourth-order valence-corrected chi connectivity index (χ4v) is 3.15. The van der Waals surface area contributed by atoms with Crippen molar-refractivity contribution >= 4 is 11.8 Å². The first-order valence-electron chi connectivity index (χ1n) is 6.42. The minimum atomic E-state index is 0.666. The third-order valence-corrected chi connectivity index (χ3v) is 4.58. The normalized spacial score (nSPS) is 21.6. The van der Waals surface area contributed by atoms with Crippen LogP contribution in [0.4, 0.5) is 0 Å². The summed E-state index contributed by atoms with van der Waals surface area (Å²) in [5.74, 6) is 1.18. The first-order chi connectivity index (χ1) is 8.29. The predicted octanol–water partition coefficient (Wildman–Crippen LogP) is 2.24. The van der Waals surface area contributed by atoms with Crippen molar-refractivity contribution in [2.24, 2.45) is 0 Å². The number of thioether (sulfide) groups is 1. The van der Waals surface area contributed by atoms with E-state index in [4.69, 9.17) is 0 Å². The zero-order valence-corrected chi connectivity index (χ0v) is 11.6. The van der Waals surface area contributed by atoms with Gasteiger partial charge in [0.05, 0.1) is 0 Å². The highest BCUT2D eigenvalue weighted by molar-refractivity contribution is 7.99. The molecule has 3 heteroatoms. The van der Waals surface area contributed by atoms with Crippen LogP contribution in [-0.2, 0) is 6.42 Å². The van der Waals surface area contributed by atoms with E-state index in [2.05, 4.69) is 48.5 Å². The van der Waals surface area contributed by atoms with Crippen molar-refractivity contribution in [1.29, 1.82) is 0 Å². The van der Waals surface area contributed by atoms with Crippen molar-refractivity contribution in [3.05, 3.63) is 29.8 Å². The molecule has 1 aromatic carbocycles. The van der Waals surface area contributed by atoms with E-state index in [1.807, 2.05) is 11.8 Å². The Morgan fingerprint density at radius 3 is 2.76 bits per heavy atom. The number of likely N-dealkylation sites (N-methyl/N-ethyl adjacent to an activating group) is 1. The van der Waals surface area contributed by atoms with Crippen molar-refractivity contribution in [2.45, 2.75) is 24.3 Å². The summed E-state index contributed by atoms with van der Waals surface area (Å²) in [6.45, 7) is 5.62. The number of hydrogen-bond acceptors (Lipinski definition) is 3. The molecular weight excluding hydrogens is 228 g/mol. The second-order valence-corrected chi connectivity index (χ2v) is 5.74. The maximum atomic E-state index is 3.46. The lowest BCUT2D eigenvalue weighted by atomic mass is 10.2. The first kappa shape index (κ1) is 12.9. The van der Waals surface area contributed by atoms with Gasteiger partial charge in [-0.15, -0.1) is 11.8 Å². The fraction of sp³-hybridized carbons (Fsp3) is 0.571. The fourth-order valence-electron chi connectivity index (χ4n) is 2.06. The average molecular weight is 250 g/mol. The smallest absolute Gasteiger partial charge is 0.0312 e. The summed E-state index contributed by atoms with van der Waals surface area (Å²) in [5.41, 5.74) is 1.42. The summed E-state index contributed by atoms with van der Waals surface area (Å²) >= 11 is 1.97. The van der Waals surface area contributed by atoms with Crippen LogP contribution in [0.3, 0.4) is 0 Å². The van der Waals surface area contributed by atoms with Crippen LogP contribution in [-0.4, -0.2) is 43.4 Å². The molecule has 1 aliphatic rings. The van der Waals surface area contributed by atoms with Gasteiger partial charge >= 0.3 is 0 Å². The zero-order chi connectivity index (χ0) is 12.1. The number of nitrogens with zero attached hydrogens (tertiary/aromatic N) is 1. The standard InChI is InChI=1S/C14H22N2S/c1-3-12-4-6-14(7-5-12)17-11-13-10-15-8-9-16(13)2/h4-7,13,15H,3,8-11H2,1-2H3. The molecule has 94 valence electrons. The Morgan fingerprint density at radius 1 is 1.35 bits per heavy atom. The van der Waals surface area contributed by atoms with E-state index in [1.54, 1.807) is 0 Å². The summed E-state index contributed by atoms with van der Waals surface area (Å²) in [4.78, 5) is 3.85. The van der Waals surface area contributed by atoms with Crippen LogP contribution in [0.25, 0.3) is 0 Å². The number of piperazine rings is 1. The van der Waals surface area contributed by atoms with Gasteiger partial charge in [-0.1, -0.05) is 19.1 Å². The molecule has 2 nitrogen and oxygen atoms in total. The van der Waals surface area contributed by atoms with Gasteiger partial charge in [0.25, 0.3) is 0 Å². The molecule has 1 saturated heterocycles. The lowest BCUT2D eigenvalue weighted by Crippen LogP contribution is -2.50. The van der Waals surface area contributed by atoms with Crippen molar-refractivity contribution in [3.8, 4) is 0 Å². The van der Waals surface area contributed by atoms with Gasteiger partial charge < -0.3 is 10.2 Å². The quantitative estimate of drug-likeness (QED) is 0.825. The Morgan fingerprint density at radius 2 is 2.12 bits per heavy atom. The number of hydrogen-bond donors (Lipinski definition) is 1. The second kappa shape index (κ2) is 6.43. The highest BCUT2D eigenvalue weighted by atomic mass is 32.2. The monoisotopic (exact) mass is 250 g/mol. The maximum Gasteiger partial charge on any atom is 0.0312 e. The largest absolute Gasteiger partial charge is 0.314 e. The van der Waals surface area contributed by atoms with Crippen molar-refractivity contribution in [3.63, 3.8) is 0 Å². The summed E-state index contributed by atoms with van der Waals surface area (Å²) in [7, 11) is 2.23. The van der Waals surface area contributed by atoms with Gasteiger partial charge in [0, 0.05) is 36.3 Å². The molecule has 0 spiro atoms. The van der Waals surface area contributed by atoms with E-state index >= 15 is 0 Å². The third kappa shape index (κ3) is 3.73. The Labute approximate surface area is 109 Å². The van der Waals surface area contributed by atoms with Gasteiger partial charge in [-0.25, -0.2) is 0 Å². The molecule has 1 atom stereocenters. The predicted molar refractivity (Wildman–Crippen MR) is 75.8 cm³/mol. The van der Waals surface area contributed by atoms with Crippen LogP contribution in [0.2, 0.25) is 0 Å². The Balaban J connectivity index is 1.84. The van der Waals surface area contributed by atoms with E-state index in [-0.39, 0.29) is 0 Å². The molecule has 0 amide bonds. The molecule has 2 rings (SSSR count). The minimum absolute atomic E-state index is 0.666. The highest BCUT2D eigenvalue weighted by Crippen LogP contribution is 2.21. The van der Waals surface area contributed by atoms with Crippen LogP contribution in [0.15, 0.2) is 29.2 Å². The molecule has 1 heterocycles. The molecule has 1 unspecified atom stereocenters. The number of rotatable bonds is 4. The molecule has 0 saturated carbocycles. The first-order valence-corrected chi connectivity index (χ1v) is 7.41. The van der Waals surface area contributed by atoms with E-state index in [0.29, 0.717) is 6.04 Å². The molecule has 0 aliphatic carbocycles. The van der Waals surface area contributed by atoms with Crippen LogP contribution in [0.1, 0.15) is 12.5 Å². The Kier molecular flexibility index (Phi) is 4.89. The average Bonchev–Trinajstić information content (AvgIpc) is 2.38. The van der Waals surface area contributed by atoms with Gasteiger partial charge in [-0.3, -0.25) is 0 Å². The van der Waals surface area contributed by atoms with Crippen LogP contribution in [0, 0.1) is 0 Å². The Bertz CT molecular complexity index is 337. The van der Waals surface area contributed by atoms with Gasteiger partial charge in [0.2, 0.25) is 0 Å². The second-order valence-electron chi connectivity index (χ2n) is 4.65. The van der Waals surface area contributed by atoms with Gasteiger partial charge in [-0.2, -0.15) is 0 Å². The maximum absolute atomic E-state index is 3.46. The van der Waals surface area contributed by atoms with E-state index in [0.717, 1.165) is 19.5 Å². The molecular formula is C14H22N2S. The Hall–Kier alpha value is -0.510. The molecule has 0 aromatic heterocycles. The van der Waals surface area contributed by atoms with Gasteiger partial charge in [-0.05, 0) is 31.2 Å². The summed E-state index contributed by atoms with van der Waals surface area (Å²) < 4.78 is 0. The topological polar surface area (TPSA) is 15.3 Å². The third-order valence-electron chi connectivity index (χ3n) is 3.42. The van der Waals surface area contributed by atoms with Gasteiger partial charge in [0.1, 0.15) is 0 Å². The van der Waals surface area contributed by atoms with E-state index in [1.165, 1.54) is 22.8 Å². The number of benzene rings is 1. The van der Waals surface area contributed by atoms with Crippen molar-refractivity contribution in [1.82, 2.24) is 10.2 Å². The van der Waals surface area contributed by atoms with Crippen LogP contribution in [0.5, 0.6) is 0 Å². The molecule has 1 fully saturated rings.